The quantitative estimate of drug-likeness (QED) is 0.454. The molecule has 0 unspecified atom stereocenters. The van der Waals surface area contributed by atoms with E-state index in [2.05, 4.69) is 24.5 Å². The minimum absolute atomic E-state index is 0.0552. The third kappa shape index (κ3) is 6.87. The van der Waals surface area contributed by atoms with Gasteiger partial charge in [-0.2, -0.15) is 0 Å². The molecule has 1 aromatic rings. The van der Waals surface area contributed by atoms with Crippen molar-refractivity contribution in [3.63, 3.8) is 0 Å². The van der Waals surface area contributed by atoms with Gasteiger partial charge in [-0.3, -0.25) is 4.99 Å². The number of rotatable bonds is 10. The van der Waals surface area contributed by atoms with Crippen LogP contribution in [0.3, 0.4) is 0 Å². The highest BCUT2D eigenvalue weighted by molar-refractivity contribution is 5.79. The van der Waals surface area contributed by atoms with Gasteiger partial charge in [-0.25, -0.2) is 4.39 Å². The van der Waals surface area contributed by atoms with Crippen molar-refractivity contribution >= 4 is 5.96 Å². The maximum absolute atomic E-state index is 13.2. The number of guanidine groups is 1. The molecule has 0 aromatic heterocycles. The number of halogens is 1. The molecule has 0 bridgehead atoms. The van der Waals surface area contributed by atoms with Crippen molar-refractivity contribution in [2.24, 2.45) is 10.4 Å². The number of nitrogens with zero attached hydrogens (tertiary/aromatic N) is 1. The van der Waals surface area contributed by atoms with Crippen molar-refractivity contribution in [2.75, 3.05) is 26.2 Å². The van der Waals surface area contributed by atoms with E-state index in [0.29, 0.717) is 13.1 Å². The molecule has 1 rings (SSSR count). The molecule has 1 aromatic carbocycles. The first-order valence-electron chi connectivity index (χ1n) is 8.96. The Morgan fingerprint density at radius 1 is 1.21 bits per heavy atom. The summed E-state index contributed by atoms with van der Waals surface area (Å²) in [5.74, 6) is 0.575. The minimum Gasteiger partial charge on any atom is -0.396 e. The zero-order valence-electron chi connectivity index (χ0n) is 15.2. The van der Waals surface area contributed by atoms with Gasteiger partial charge in [-0.15, -0.1) is 0 Å². The van der Waals surface area contributed by atoms with E-state index in [1.54, 1.807) is 12.1 Å². The smallest absolute Gasteiger partial charge is 0.191 e. The number of aliphatic hydroxyl groups excluding tert-OH is 1. The van der Waals surface area contributed by atoms with Gasteiger partial charge in [-0.1, -0.05) is 26.0 Å². The number of hydrogen-bond donors (Lipinski definition) is 3. The molecule has 0 amide bonds. The van der Waals surface area contributed by atoms with E-state index in [1.165, 1.54) is 6.07 Å². The van der Waals surface area contributed by atoms with E-state index >= 15 is 0 Å². The highest BCUT2D eigenvalue weighted by Gasteiger charge is 2.25. The zero-order valence-corrected chi connectivity index (χ0v) is 15.2. The lowest BCUT2D eigenvalue weighted by atomic mass is 9.79. The summed E-state index contributed by atoms with van der Waals surface area (Å²) in [6.45, 7) is 8.70. The third-order valence-electron chi connectivity index (χ3n) is 4.65. The van der Waals surface area contributed by atoms with Gasteiger partial charge < -0.3 is 15.7 Å². The van der Waals surface area contributed by atoms with Crippen molar-refractivity contribution < 1.29 is 9.50 Å². The molecule has 0 atom stereocenters. The fourth-order valence-electron chi connectivity index (χ4n) is 2.75. The second kappa shape index (κ2) is 11.0. The topological polar surface area (TPSA) is 56.7 Å². The monoisotopic (exact) mass is 337 g/mol. The largest absolute Gasteiger partial charge is 0.396 e. The summed E-state index contributed by atoms with van der Waals surface area (Å²) in [4.78, 5) is 4.70. The Labute approximate surface area is 145 Å². The van der Waals surface area contributed by atoms with Gasteiger partial charge in [0.15, 0.2) is 5.96 Å². The number of nitrogens with one attached hydrogen (secondary N) is 2. The Kier molecular flexibility index (Phi) is 9.38. The first-order valence-corrected chi connectivity index (χ1v) is 8.96. The number of aliphatic hydroxyl groups is 1. The number of aliphatic imine (C=N–C) groups is 1. The Hall–Kier alpha value is -1.62. The Balaban J connectivity index is 2.61. The molecule has 4 nitrogen and oxygen atoms in total. The Morgan fingerprint density at radius 3 is 2.54 bits per heavy atom. The predicted octanol–water partition coefficient (Wildman–Crippen LogP) is 3.11. The van der Waals surface area contributed by atoms with E-state index in [1.807, 2.05) is 13.0 Å². The summed E-state index contributed by atoms with van der Waals surface area (Å²) in [7, 11) is 0. The molecular formula is C19H32FN3O. The van der Waals surface area contributed by atoms with E-state index in [4.69, 9.17) is 4.99 Å². The van der Waals surface area contributed by atoms with Crippen LogP contribution in [0.1, 0.15) is 45.6 Å². The van der Waals surface area contributed by atoms with Crippen molar-refractivity contribution in [1.82, 2.24) is 10.6 Å². The Morgan fingerprint density at radius 2 is 1.96 bits per heavy atom. The van der Waals surface area contributed by atoms with Crippen LogP contribution in [0.5, 0.6) is 0 Å². The molecule has 0 saturated heterocycles. The summed E-state index contributed by atoms with van der Waals surface area (Å²) in [6, 6.07) is 6.68. The fourth-order valence-corrected chi connectivity index (χ4v) is 2.75. The molecule has 0 spiro atoms. The third-order valence-corrected chi connectivity index (χ3v) is 4.65. The van der Waals surface area contributed by atoms with Crippen molar-refractivity contribution in [1.29, 1.82) is 0 Å². The van der Waals surface area contributed by atoms with Crippen LogP contribution < -0.4 is 10.6 Å². The van der Waals surface area contributed by atoms with Gasteiger partial charge >= 0.3 is 0 Å². The molecule has 136 valence electrons. The number of benzene rings is 1. The van der Waals surface area contributed by atoms with Crippen LogP contribution in [0.4, 0.5) is 4.39 Å². The Bertz CT molecular complexity index is 501. The highest BCUT2D eigenvalue weighted by Crippen LogP contribution is 2.30. The van der Waals surface area contributed by atoms with Gasteiger partial charge in [0.1, 0.15) is 5.82 Å². The van der Waals surface area contributed by atoms with Gasteiger partial charge in [0.05, 0.1) is 0 Å². The molecule has 5 heteroatoms. The van der Waals surface area contributed by atoms with Crippen LogP contribution in [-0.4, -0.2) is 37.3 Å². The molecule has 0 aliphatic carbocycles. The summed E-state index contributed by atoms with van der Waals surface area (Å²) >= 11 is 0. The normalized spacial score (nSPS) is 12.3. The molecular weight excluding hydrogens is 305 g/mol. The molecule has 24 heavy (non-hydrogen) atoms. The molecule has 0 radical (unpaired) electrons. The molecule has 0 saturated carbocycles. The molecule has 0 aliphatic rings. The van der Waals surface area contributed by atoms with Crippen LogP contribution >= 0.6 is 0 Å². The maximum atomic E-state index is 13.2. The molecule has 0 fully saturated rings. The average molecular weight is 337 g/mol. The van der Waals surface area contributed by atoms with Gasteiger partial charge in [0.2, 0.25) is 0 Å². The molecule has 0 heterocycles. The molecule has 3 N–H and O–H groups in total. The lowest BCUT2D eigenvalue weighted by Crippen LogP contribution is -2.39. The van der Waals surface area contributed by atoms with Crippen LogP contribution in [0, 0.1) is 11.2 Å². The standard InChI is InChI=1S/C19H32FN3O/c1-4-19(5-2,11-13-24)15-23-18(21-6-3)22-12-10-16-8-7-9-17(20)14-16/h7-9,14,24H,4-6,10-13,15H2,1-3H3,(H2,21,22,23). The lowest BCUT2D eigenvalue weighted by molar-refractivity contribution is 0.175. The van der Waals surface area contributed by atoms with E-state index in [0.717, 1.165) is 43.8 Å². The first kappa shape index (κ1) is 20.4. The van der Waals surface area contributed by atoms with Gasteiger partial charge in [0, 0.05) is 26.2 Å². The predicted molar refractivity (Wildman–Crippen MR) is 98.8 cm³/mol. The summed E-state index contributed by atoms with van der Waals surface area (Å²) < 4.78 is 13.2. The van der Waals surface area contributed by atoms with Crippen molar-refractivity contribution in [3.05, 3.63) is 35.6 Å². The summed E-state index contributed by atoms with van der Waals surface area (Å²) in [5, 5.41) is 15.9. The summed E-state index contributed by atoms with van der Waals surface area (Å²) in [6.07, 6.45) is 3.50. The molecule has 0 aliphatic heterocycles. The fraction of sp³-hybridized carbons (Fsp3) is 0.632. The highest BCUT2D eigenvalue weighted by atomic mass is 19.1. The van der Waals surface area contributed by atoms with Crippen LogP contribution in [-0.2, 0) is 6.42 Å². The van der Waals surface area contributed by atoms with Crippen LogP contribution in [0.2, 0.25) is 0 Å². The number of hydrogen-bond acceptors (Lipinski definition) is 2. The second-order valence-electron chi connectivity index (χ2n) is 6.18. The van der Waals surface area contributed by atoms with E-state index in [-0.39, 0.29) is 17.8 Å². The van der Waals surface area contributed by atoms with Gasteiger partial charge in [-0.05, 0) is 55.7 Å². The van der Waals surface area contributed by atoms with Crippen molar-refractivity contribution in [3.8, 4) is 0 Å². The van der Waals surface area contributed by atoms with Crippen molar-refractivity contribution in [2.45, 2.75) is 46.5 Å². The second-order valence-corrected chi connectivity index (χ2v) is 6.18. The van der Waals surface area contributed by atoms with Crippen LogP contribution in [0.25, 0.3) is 0 Å². The maximum Gasteiger partial charge on any atom is 0.191 e. The van der Waals surface area contributed by atoms with E-state index < -0.39 is 0 Å². The lowest BCUT2D eigenvalue weighted by Gasteiger charge is -2.29. The first-order chi connectivity index (χ1) is 11.6. The summed E-state index contributed by atoms with van der Waals surface area (Å²) in [5.41, 5.74) is 1.02. The van der Waals surface area contributed by atoms with Crippen LogP contribution in [0.15, 0.2) is 29.3 Å². The van der Waals surface area contributed by atoms with E-state index in [9.17, 15) is 9.50 Å². The van der Waals surface area contributed by atoms with Gasteiger partial charge in [0.25, 0.3) is 0 Å². The minimum atomic E-state index is -0.201. The average Bonchev–Trinajstić information content (AvgIpc) is 2.58. The zero-order chi connectivity index (χ0) is 17.8. The SMILES string of the molecule is CCNC(=NCC(CC)(CC)CCO)NCCc1cccc(F)c1.